The monoisotopic (exact) mass is 254 g/mol. The Kier molecular flexibility index (Phi) is 4.58. The second kappa shape index (κ2) is 6.39. The van der Waals surface area contributed by atoms with Crippen LogP contribution in [0.15, 0.2) is 48.5 Å². The molecule has 0 aliphatic rings. The Hall–Kier alpha value is -1.80. The second-order valence-corrected chi connectivity index (χ2v) is 4.74. The largest absolute Gasteiger partial charge is 0.342 e. The Bertz CT molecular complexity index is 517. The summed E-state index contributed by atoms with van der Waals surface area (Å²) in [5, 5.41) is 3.24. The van der Waals surface area contributed by atoms with Gasteiger partial charge in [0.15, 0.2) is 0 Å². The lowest BCUT2D eigenvalue weighted by Gasteiger charge is -2.26. The Balaban J connectivity index is 2.39. The van der Waals surface area contributed by atoms with Gasteiger partial charge < -0.3 is 10.2 Å². The summed E-state index contributed by atoms with van der Waals surface area (Å²) in [4.78, 5) is 2.35. The maximum absolute atomic E-state index is 3.24. The molecule has 0 fully saturated rings. The normalized spacial score (nSPS) is 10.5. The Morgan fingerprint density at radius 3 is 2.32 bits per heavy atom. The van der Waals surface area contributed by atoms with Crippen LogP contribution in [0.1, 0.15) is 18.1 Å². The van der Waals surface area contributed by atoms with E-state index in [0.717, 1.165) is 13.1 Å². The van der Waals surface area contributed by atoms with Crippen molar-refractivity contribution >= 4 is 11.4 Å². The minimum absolute atomic E-state index is 0.887. The minimum atomic E-state index is 0.887. The Morgan fingerprint density at radius 2 is 1.68 bits per heavy atom. The molecule has 1 N–H and O–H groups in total. The fourth-order valence-electron chi connectivity index (χ4n) is 2.33. The summed E-state index contributed by atoms with van der Waals surface area (Å²) in [7, 11) is 1.99. The van der Waals surface area contributed by atoms with Crippen molar-refractivity contribution in [2.75, 3.05) is 18.5 Å². The highest BCUT2D eigenvalue weighted by molar-refractivity contribution is 5.66. The predicted molar refractivity (Wildman–Crippen MR) is 83.1 cm³/mol. The molecule has 0 heterocycles. The third kappa shape index (κ3) is 3.15. The molecule has 0 saturated heterocycles. The summed E-state index contributed by atoms with van der Waals surface area (Å²) in [6.07, 6.45) is 0. The van der Waals surface area contributed by atoms with E-state index in [9.17, 15) is 0 Å². The van der Waals surface area contributed by atoms with E-state index in [4.69, 9.17) is 0 Å². The molecule has 0 unspecified atom stereocenters. The van der Waals surface area contributed by atoms with Crippen molar-refractivity contribution in [1.82, 2.24) is 5.32 Å². The SMILES string of the molecule is CCN(c1ccc(C)cc1)c1ccccc1CNC. The number of hydrogen-bond donors (Lipinski definition) is 1. The summed E-state index contributed by atoms with van der Waals surface area (Å²) in [5.74, 6) is 0. The zero-order valence-electron chi connectivity index (χ0n) is 12.0. The van der Waals surface area contributed by atoms with Crippen molar-refractivity contribution in [1.29, 1.82) is 0 Å². The van der Waals surface area contributed by atoms with Gasteiger partial charge in [0.25, 0.3) is 0 Å². The van der Waals surface area contributed by atoms with Crippen LogP contribution in [-0.2, 0) is 6.54 Å². The molecule has 0 aliphatic carbocycles. The molecule has 0 aliphatic heterocycles. The molecule has 0 radical (unpaired) electrons. The summed E-state index contributed by atoms with van der Waals surface area (Å²) < 4.78 is 0. The molecule has 2 aromatic carbocycles. The van der Waals surface area contributed by atoms with E-state index >= 15 is 0 Å². The average Bonchev–Trinajstić information content (AvgIpc) is 2.44. The summed E-state index contributed by atoms with van der Waals surface area (Å²) in [5.41, 5.74) is 5.15. The van der Waals surface area contributed by atoms with E-state index in [-0.39, 0.29) is 0 Å². The zero-order valence-corrected chi connectivity index (χ0v) is 12.0. The van der Waals surface area contributed by atoms with Crippen LogP contribution in [0.3, 0.4) is 0 Å². The summed E-state index contributed by atoms with van der Waals surface area (Å²) in [6.45, 7) is 6.16. The first-order chi connectivity index (χ1) is 9.26. The number of nitrogens with one attached hydrogen (secondary N) is 1. The lowest BCUT2D eigenvalue weighted by molar-refractivity contribution is 0.813. The average molecular weight is 254 g/mol. The van der Waals surface area contributed by atoms with E-state index in [1.807, 2.05) is 7.05 Å². The number of rotatable bonds is 5. The van der Waals surface area contributed by atoms with Crippen LogP contribution < -0.4 is 10.2 Å². The van der Waals surface area contributed by atoms with E-state index < -0.39 is 0 Å². The van der Waals surface area contributed by atoms with Crippen LogP contribution in [0.2, 0.25) is 0 Å². The summed E-state index contributed by atoms with van der Waals surface area (Å²) in [6, 6.07) is 17.3. The number of para-hydroxylation sites is 1. The lowest BCUT2D eigenvalue weighted by atomic mass is 10.1. The molecule has 0 bridgehead atoms. The smallest absolute Gasteiger partial charge is 0.0456 e. The molecular weight excluding hydrogens is 232 g/mol. The topological polar surface area (TPSA) is 15.3 Å². The van der Waals surface area contributed by atoms with Crippen LogP contribution in [-0.4, -0.2) is 13.6 Å². The van der Waals surface area contributed by atoms with Gasteiger partial charge in [0.05, 0.1) is 0 Å². The number of anilines is 2. The van der Waals surface area contributed by atoms with Gasteiger partial charge in [0, 0.05) is 24.5 Å². The maximum atomic E-state index is 3.24. The van der Waals surface area contributed by atoms with Crippen molar-refractivity contribution in [3.8, 4) is 0 Å². The van der Waals surface area contributed by atoms with Gasteiger partial charge in [-0.05, 0) is 44.7 Å². The van der Waals surface area contributed by atoms with Gasteiger partial charge in [-0.15, -0.1) is 0 Å². The number of nitrogens with zero attached hydrogens (tertiary/aromatic N) is 1. The van der Waals surface area contributed by atoms with Crippen LogP contribution >= 0.6 is 0 Å². The van der Waals surface area contributed by atoms with Gasteiger partial charge >= 0.3 is 0 Å². The van der Waals surface area contributed by atoms with Crippen LogP contribution in [0.25, 0.3) is 0 Å². The molecule has 0 aromatic heterocycles. The molecule has 0 spiro atoms. The van der Waals surface area contributed by atoms with Crippen molar-refractivity contribution in [2.24, 2.45) is 0 Å². The number of benzene rings is 2. The highest BCUT2D eigenvalue weighted by Crippen LogP contribution is 2.28. The molecule has 2 heteroatoms. The molecule has 2 aromatic rings. The minimum Gasteiger partial charge on any atom is -0.342 e. The first-order valence-corrected chi connectivity index (χ1v) is 6.83. The van der Waals surface area contributed by atoms with Gasteiger partial charge in [0.1, 0.15) is 0 Å². The van der Waals surface area contributed by atoms with Gasteiger partial charge in [0.2, 0.25) is 0 Å². The third-order valence-electron chi connectivity index (χ3n) is 3.31. The Labute approximate surface area is 116 Å². The van der Waals surface area contributed by atoms with Crippen molar-refractivity contribution in [2.45, 2.75) is 20.4 Å². The van der Waals surface area contributed by atoms with Gasteiger partial charge in [-0.1, -0.05) is 35.9 Å². The highest BCUT2D eigenvalue weighted by atomic mass is 15.1. The van der Waals surface area contributed by atoms with E-state index in [1.54, 1.807) is 0 Å². The zero-order chi connectivity index (χ0) is 13.7. The first-order valence-electron chi connectivity index (χ1n) is 6.83. The van der Waals surface area contributed by atoms with E-state index in [1.165, 1.54) is 22.5 Å². The number of hydrogen-bond acceptors (Lipinski definition) is 2. The molecule has 0 saturated carbocycles. The molecule has 2 nitrogen and oxygen atoms in total. The highest BCUT2D eigenvalue weighted by Gasteiger charge is 2.10. The van der Waals surface area contributed by atoms with Crippen LogP contribution in [0.5, 0.6) is 0 Å². The quantitative estimate of drug-likeness (QED) is 0.871. The van der Waals surface area contributed by atoms with Crippen molar-refractivity contribution in [3.63, 3.8) is 0 Å². The first kappa shape index (κ1) is 13.6. The predicted octanol–water partition coefficient (Wildman–Crippen LogP) is 3.87. The van der Waals surface area contributed by atoms with Gasteiger partial charge in [-0.2, -0.15) is 0 Å². The third-order valence-corrected chi connectivity index (χ3v) is 3.31. The van der Waals surface area contributed by atoms with E-state index in [0.29, 0.717) is 0 Å². The fourth-order valence-corrected chi connectivity index (χ4v) is 2.33. The van der Waals surface area contributed by atoms with Gasteiger partial charge in [-0.25, -0.2) is 0 Å². The molecule has 0 amide bonds. The molecule has 2 rings (SSSR count). The standard InChI is InChI=1S/C17H22N2/c1-4-19(16-11-9-14(2)10-12-16)17-8-6-5-7-15(17)13-18-3/h5-12,18H,4,13H2,1-3H3. The lowest BCUT2D eigenvalue weighted by Crippen LogP contribution is -2.19. The molecule has 100 valence electrons. The Morgan fingerprint density at radius 1 is 1.00 bits per heavy atom. The van der Waals surface area contributed by atoms with Crippen LogP contribution in [0, 0.1) is 6.92 Å². The fraction of sp³-hybridized carbons (Fsp3) is 0.294. The van der Waals surface area contributed by atoms with Gasteiger partial charge in [-0.3, -0.25) is 0 Å². The molecular formula is C17H22N2. The summed E-state index contributed by atoms with van der Waals surface area (Å²) >= 11 is 0. The molecule has 0 atom stereocenters. The number of aryl methyl sites for hydroxylation is 1. The van der Waals surface area contributed by atoms with Crippen molar-refractivity contribution in [3.05, 3.63) is 59.7 Å². The van der Waals surface area contributed by atoms with Crippen molar-refractivity contribution < 1.29 is 0 Å². The molecule has 19 heavy (non-hydrogen) atoms. The van der Waals surface area contributed by atoms with E-state index in [2.05, 4.69) is 72.6 Å². The van der Waals surface area contributed by atoms with Crippen LogP contribution in [0.4, 0.5) is 11.4 Å². The maximum Gasteiger partial charge on any atom is 0.0456 e. The second-order valence-electron chi connectivity index (χ2n) is 4.74.